The van der Waals surface area contributed by atoms with Crippen LogP contribution >= 0.6 is 0 Å². The molecule has 1 unspecified atom stereocenters. The normalized spacial score (nSPS) is 17.2. The largest absolute Gasteiger partial charge is 0.443 e. The Kier molecular flexibility index (Phi) is 3.65. The molecule has 3 rings (SSSR count). The quantitative estimate of drug-likeness (QED) is 0.771. The molecule has 0 N–H and O–H groups in total. The average Bonchev–Trinajstić information content (AvgIpc) is 2.86. The summed E-state index contributed by atoms with van der Waals surface area (Å²) in [7, 11) is 0. The lowest BCUT2D eigenvalue weighted by atomic mass is 9.93. The minimum Gasteiger partial charge on any atom is -0.443 e. The molecule has 1 amide bonds. The molecule has 0 bridgehead atoms. The van der Waals surface area contributed by atoms with Crippen molar-refractivity contribution in [2.45, 2.75) is 32.3 Å². The van der Waals surface area contributed by atoms with Gasteiger partial charge in [-0.2, -0.15) is 0 Å². The van der Waals surface area contributed by atoms with Gasteiger partial charge in [-0.25, -0.2) is 4.79 Å². The summed E-state index contributed by atoms with van der Waals surface area (Å²) in [4.78, 5) is 14.3. The summed E-state index contributed by atoms with van der Waals surface area (Å²) in [6, 6.07) is 18.4. The van der Waals surface area contributed by atoms with Gasteiger partial charge in [0.25, 0.3) is 0 Å². The SMILES string of the molecule is CC(C)(C)OC(=O)N1CC(c2ccccc2)c2ccccc21. The highest BCUT2D eigenvalue weighted by Gasteiger charge is 2.35. The molecule has 0 aliphatic carbocycles. The zero-order chi connectivity index (χ0) is 15.7. The minimum atomic E-state index is -0.489. The van der Waals surface area contributed by atoms with E-state index in [1.165, 1.54) is 11.1 Å². The van der Waals surface area contributed by atoms with Crippen molar-refractivity contribution in [3.8, 4) is 0 Å². The van der Waals surface area contributed by atoms with Gasteiger partial charge in [0.05, 0.1) is 5.69 Å². The van der Waals surface area contributed by atoms with E-state index in [0.717, 1.165) is 5.69 Å². The van der Waals surface area contributed by atoms with Gasteiger partial charge in [-0.15, -0.1) is 0 Å². The summed E-state index contributed by atoms with van der Waals surface area (Å²) in [6.45, 7) is 6.29. The van der Waals surface area contributed by atoms with Crippen molar-refractivity contribution in [2.24, 2.45) is 0 Å². The van der Waals surface area contributed by atoms with E-state index in [-0.39, 0.29) is 12.0 Å². The third-order valence-electron chi connectivity index (χ3n) is 3.78. The van der Waals surface area contributed by atoms with Crippen LogP contribution in [0.3, 0.4) is 0 Å². The lowest BCUT2D eigenvalue weighted by molar-refractivity contribution is 0.0583. The number of benzene rings is 2. The molecule has 0 aromatic heterocycles. The molecule has 1 aliphatic rings. The molecule has 22 heavy (non-hydrogen) atoms. The van der Waals surface area contributed by atoms with Crippen molar-refractivity contribution >= 4 is 11.8 Å². The second kappa shape index (κ2) is 5.48. The van der Waals surface area contributed by atoms with Crippen LogP contribution in [0.15, 0.2) is 54.6 Å². The maximum absolute atomic E-state index is 12.5. The first kappa shape index (κ1) is 14.6. The zero-order valence-corrected chi connectivity index (χ0v) is 13.2. The summed E-state index contributed by atoms with van der Waals surface area (Å²) >= 11 is 0. The monoisotopic (exact) mass is 295 g/mol. The molecule has 1 aliphatic heterocycles. The number of rotatable bonds is 1. The molecule has 0 fully saturated rings. The maximum Gasteiger partial charge on any atom is 0.414 e. The number of hydrogen-bond acceptors (Lipinski definition) is 2. The first-order chi connectivity index (χ1) is 10.5. The average molecular weight is 295 g/mol. The molecule has 0 saturated heterocycles. The third kappa shape index (κ3) is 2.84. The topological polar surface area (TPSA) is 29.5 Å². The smallest absolute Gasteiger partial charge is 0.414 e. The number of carbonyl (C=O) groups is 1. The fraction of sp³-hybridized carbons (Fsp3) is 0.316. The van der Waals surface area contributed by atoms with E-state index in [1.807, 2.05) is 57.2 Å². The molecule has 114 valence electrons. The molecule has 3 heteroatoms. The second-order valence-electron chi connectivity index (χ2n) is 6.61. The van der Waals surface area contributed by atoms with E-state index < -0.39 is 5.60 Å². The highest BCUT2D eigenvalue weighted by atomic mass is 16.6. The molecule has 1 atom stereocenters. The van der Waals surface area contributed by atoms with Crippen LogP contribution in [-0.4, -0.2) is 18.2 Å². The van der Waals surface area contributed by atoms with Crippen molar-refractivity contribution in [1.82, 2.24) is 0 Å². The standard InChI is InChI=1S/C19H21NO2/c1-19(2,3)22-18(21)20-13-16(14-9-5-4-6-10-14)15-11-7-8-12-17(15)20/h4-12,16H,13H2,1-3H3. The molecule has 0 saturated carbocycles. The Bertz CT molecular complexity index is 673. The number of amides is 1. The van der Waals surface area contributed by atoms with Crippen LogP contribution in [0.25, 0.3) is 0 Å². The van der Waals surface area contributed by atoms with E-state index in [1.54, 1.807) is 4.90 Å². The fourth-order valence-electron chi connectivity index (χ4n) is 2.87. The fourth-order valence-corrected chi connectivity index (χ4v) is 2.87. The van der Waals surface area contributed by atoms with Gasteiger partial charge in [0.1, 0.15) is 5.60 Å². The van der Waals surface area contributed by atoms with Gasteiger partial charge < -0.3 is 4.74 Å². The lowest BCUT2D eigenvalue weighted by Gasteiger charge is -2.25. The summed E-state index contributed by atoms with van der Waals surface area (Å²) in [6.07, 6.45) is -0.279. The number of ether oxygens (including phenoxy) is 1. The van der Waals surface area contributed by atoms with Crippen LogP contribution in [0.2, 0.25) is 0 Å². The summed E-state index contributed by atoms with van der Waals surface area (Å²) in [5.74, 6) is 0.199. The summed E-state index contributed by atoms with van der Waals surface area (Å²) < 4.78 is 5.55. The Morgan fingerprint density at radius 2 is 1.68 bits per heavy atom. The van der Waals surface area contributed by atoms with Crippen molar-refractivity contribution in [1.29, 1.82) is 0 Å². The van der Waals surface area contributed by atoms with E-state index in [4.69, 9.17) is 4.74 Å². The Morgan fingerprint density at radius 3 is 2.36 bits per heavy atom. The molecule has 0 spiro atoms. The maximum atomic E-state index is 12.5. The van der Waals surface area contributed by atoms with Crippen LogP contribution in [0.5, 0.6) is 0 Å². The number of carbonyl (C=O) groups excluding carboxylic acids is 1. The number of fused-ring (bicyclic) bond motifs is 1. The lowest BCUT2D eigenvalue weighted by Crippen LogP contribution is -2.36. The highest BCUT2D eigenvalue weighted by Crippen LogP contribution is 2.40. The molecule has 3 nitrogen and oxygen atoms in total. The Morgan fingerprint density at radius 1 is 1.05 bits per heavy atom. The van der Waals surface area contributed by atoms with E-state index in [2.05, 4.69) is 18.2 Å². The Hall–Kier alpha value is -2.29. The van der Waals surface area contributed by atoms with E-state index >= 15 is 0 Å². The number of anilines is 1. The first-order valence-corrected chi connectivity index (χ1v) is 7.60. The summed E-state index contributed by atoms with van der Waals surface area (Å²) in [5, 5.41) is 0. The molecule has 2 aromatic carbocycles. The van der Waals surface area contributed by atoms with Crippen LogP contribution < -0.4 is 4.90 Å². The van der Waals surface area contributed by atoms with Gasteiger partial charge >= 0.3 is 6.09 Å². The predicted molar refractivity (Wildman–Crippen MR) is 88.3 cm³/mol. The Labute approximate surface area is 131 Å². The highest BCUT2D eigenvalue weighted by molar-refractivity contribution is 5.91. The van der Waals surface area contributed by atoms with Crippen molar-refractivity contribution in [2.75, 3.05) is 11.4 Å². The van der Waals surface area contributed by atoms with Crippen LogP contribution in [0, 0.1) is 0 Å². The van der Waals surface area contributed by atoms with Crippen molar-refractivity contribution in [3.05, 3.63) is 65.7 Å². The predicted octanol–water partition coefficient (Wildman–Crippen LogP) is 4.57. The minimum absolute atomic E-state index is 0.199. The van der Waals surface area contributed by atoms with Gasteiger partial charge in [-0.1, -0.05) is 48.5 Å². The van der Waals surface area contributed by atoms with Gasteiger partial charge in [0.15, 0.2) is 0 Å². The first-order valence-electron chi connectivity index (χ1n) is 7.60. The van der Waals surface area contributed by atoms with Crippen LogP contribution in [-0.2, 0) is 4.74 Å². The van der Waals surface area contributed by atoms with Crippen molar-refractivity contribution < 1.29 is 9.53 Å². The number of hydrogen-bond donors (Lipinski definition) is 0. The van der Waals surface area contributed by atoms with Crippen molar-refractivity contribution in [3.63, 3.8) is 0 Å². The van der Waals surface area contributed by atoms with Crippen LogP contribution in [0.1, 0.15) is 37.8 Å². The molecule has 1 heterocycles. The summed E-state index contributed by atoms with van der Waals surface area (Å²) in [5.41, 5.74) is 2.86. The molecular formula is C19H21NO2. The number of para-hydroxylation sites is 1. The number of nitrogens with zero attached hydrogens (tertiary/aromatic N) is 1. The van der Waals surface area contributed by atoms with Gasteiger partial charge in [-0.3, -0.25) is 4.90 Å². The molecular weight excluding hydrogens is 274 g/mol. The second-order valence-corrected chi connectivity index (χ2v) is 6.61. The molecule has 2 aromatic rings. The van der Waals surface area contributed by atoms with Gasteiger partial charge in [0.2, 0.25) is 0 Å². The van der Waals surface area contributed by atoms with Crippen LogP contribution in [0.4, 0.5) is 10.5 Å². The van der Waals surface area contributed by atoms with Gasteiger partial charge in [-0.05, 0) is 38.0 Å². The Balaban J connectivity index is 1.94. The molecule has 0 radical (unpaired) electrons. The van der Waals surface area contributed by atoms with E-state index in [9.17, 15) is 4.79 Å². The van der Waals surface area contributed by atoms with Gasteiger partial charge in [0, 0.05) is 12.5 Å². The zero-order valence-electron chi connectivity index (χ0n) is 13.2. The van der Waals surface area contributed by atoms with E-state index in [0.29, 0.717) is 6.54 Å². The third-order valence-corrected chi connectivity index (χ3v) is 3.78.